The number of hydrogen-bond donors (Lipinski definition) is 0. The van der Waals surface area contributed by atoms with Gasteiger partial charge in [0.25, 0.3) is 0 Å². The second-order valence-corrected chi connectivity index (χ2v) is 11.7. The van der Waals surface area contributed by atoms with Crippen molar-refractivity contribution in [2.45, 2.75) is 97.2 Å². The molecule has 6 rings (SSSR count). The zero-order valence-electron chi connectivity index (χ0n) is 22.2. The highest BCUT2D eigenvalue weighted by molar-refractivity contribution is 5.65. The fourth-order valence-electron chi connectivity index (χ4n) is 8.23. The summed E-state index contributed by atoms with van der Waals surface area (Å²) in [6, 6.07) is 15.9. The van der Waals surface area contributed by atoms with Gasteiger partial charge in [0.15, 0.2) is 0 Å². The van der Waals surface area contributed by atoms with Crippen LogP contribution in [-0.2, 0) is 0 Å². The molecule has 2 heteroatoms. The zero-order chi connectivity index (χ0) is 24.2. The molecule has 2 nitrogen and oxygen atoms in total. The van der Waals surface area contributed by atoms with Crippen molar-refractivity contribution in [2.75, 3.05) is 4.90 Å². The Morgan fingerprint density at radius 3 is 1.89 bits per heavy atom. The van der Waals surface area contributed by atoms with E-state index < -0.39 is 0 Å². The molecule has 2 saturated carbocycles. The van der Waals surface area contributed by atoms with E-state index in [0.717, 1.165) is 11.8 Å². The molecule has 35 heavy (non-hydrogen) atoms. The van der Waals surface area contributed by atoms with Crippen LogP contribution in [0.2, 0.25) is 0 Å². The predicted octanol–water partition coefficient (Wildman–Crippen LogP) is 8.74. The van der Waals surface area contributed by atoms with Crippen molar-refractivity contribution in [1.82, 2.24) is 4.90 Å². The molecule has 2 aromatic rings. The van der Waals surface area contributed by atoms with Crippen LogP contribution < -0.4 is 4.90 Å². The minimum Gasteiger partial charge on any atom is -0.336 e. The Balaban J connectivity index is 1.59. The second kappa shape index (κ2) is 8.87. The van der Waals surface area contributed by atoms with Crippen LogP contribution in [0.15, 0.2) is 66.0 Å². The number of hydrogen-bond acceptors (Lipinski definition) is 2. The van der Waals surface area contributed by atoms with Gasteiger partial charge in [0.05, 0.1) is 11.2 Å². The van der Waals surface area contributed by atoms with Crippen molar-refractivity contribution in [3.8, 4) is 0 Å². The zero-order valence-corrected chi connectivity index (χ0v) is 22.2. The van der Waals surface area contributed by atoms with Gasteiger partial charge in [-0.2, -0.15) is 0 Å². The molecule has 2 aliphatic carbocycles. The van der Waals surface area contributed by atoms with Gasteiger partial charge in [-0.3, -0.25) is 0 Å². The van der Waals surface area contributed by atoms with E-state index in [4.69, 9.17) is 0 Å². The number of benzene rings is 2. The van der Waals surface area contributed by atoms with Crippen molar-refractivity contribution in [3.63, 3.8) is 0 Å². The number of para-hydroxylation sites is 1. The van der Waals surface area contributed by atoms with Gasteiger partial charge in [0.1, 0.15) is 6.17 Å². The van der Waals surface area contributed by atoms with Crippen molar-refractivity contribution in [3.05, 3.63) is 88.3 Å². The van der Waals surface area contributed by atoms with Gasteiger partial charge in [-0.15, -0.1) is 0 Å². The van der Waals surface area contributed by atoms with Crippen LogP contribution in [-0.4, -0.2) is 10.4 Å². The SMILES string of the molecule is CC1=C2C=CC(C3CCCCC3)(C3CCCC3)N2C(c2c(C)cccc2C)N1c1ccccc1C. The van der Waals surface area contributed by atoms with Crippen LogP contribution in [0.5, 0.6) is 0 Å². The minimum atomic E-state index is 0.143. The summed E-state index contributed by atoms with van der Waals surface area (Å²) in [6.45, 7) is 9.30. The summed E-state index contributed by atoms with van der Waals surface area (Å²) in [4.78, 5) is 5.64. The number of anilines is 1. The molecule has 0 N–H and O–H groups in total. The highest BCUT2D eigenvalue weighted by Crippen LogP contribution is 2.59. The molecule has 0 saturated heterocycles. The largest absolute Gasteiger partial charge is 0.336 e. The number of aryl methyl sites for hydroxylation is 3. The molecule has 2 unspecified atom stereocenters. The minimum absolute atomic E-state index is 0.143. The highest BCUT2D eigenvalue weighted by atomic mass is 15.5. The Kier molecular flexibility index (Phi) is 5.82. The average molecular weight is 467 g/mol. The van der Waals surface area contributed by atoms with E-state index in [-0.39, 0.29) is 11.7 Å². The summed E-state index contributed by atoms with van der Waals surface area (Å²) in [5, 5.41) is 0. The number of rotatable bonds is 4. The van der Waals surface area contributed by atoms with Crippen LogP contribution in [0.4, 0.5) is 5.69 Å². The smallest absolute Gasteiger partial charge is 0.133 e. The summed E-state index contributed by atoms with van der Waals surface area (Å²) in [5.41, 5.74) is 10.1. The van der Waals surface area contributed by atoms with E-state index in [1.165, 1.54) is 97.1 Å². The molecular weight excluding hydrogens is 424 g/mol. The van der Waals surface area contributed by atoms with E-state index >= 15 is 0 Å². The fourth-order valence-corrected chi connectivity index (χ4v) is 8.23. The lowest BCUT2D eigenvalue weighted by atomic mass is 9.66. The molecule has 2 aromatic carbocycles. The molecule has 2 fully saturated rings. The number of nitrogens with zero attached hydrogens (tertiary/aromatic N) is 2. The number of allylic oxidation sites excluding steroid dienone is 2. The maximum Gasteiger partial charge on any atom is 0.133 e. The predicted molar refractivity (Wildman–Crippen MR) is 147 cm³/mol. The third-order valence-corrected chi connectivity index (χ3v) is 9.85. The molecule has 0 bridgehead atoms. The van der Waals surface area contributed by atoms with Crippen molar-refractivity contribution < 1.29 is 0 Å². The maximum atomic E-state index is 2.95. The van der Waals surface area contributed by atoms with Crippen LogP contribution in [0.25, 0.3) is 0 Å². The monoisotopic (exact) mass is 466 g/mol. The molecule has 4 aliphatic rings. The van der Waals surface area contributed by atoms with E-state index in [1.54, 1.807) is 0 Å². The summed E-state index contributed by atoms with van der Waals surface area (Å²) < 4.78 is 0. The van der Waals surface area contributed by atoms with Gasteiger partial charge in [0.2, 0.25) is 0 Å². The Morgan fingerprint density at radius 1 is 0.686 bits per heavy atom. The Labute approximate surface area is 212 Å². The van der Waals surface area contributed by atoms with Crippen LogP contribution in [0.3, 0.4) is 0 Å². The molecule has 0 aromatic heterocycles. The first-order chi connectivity index (χ1) is 17.0. The molecule has 0 spiro atoms. The third kappa shape index (κ3) is 3.43. The van der Waals surface area contributed by atoms with Gasteiger partial charge in [-0.25, -0.2) is 0 Å². The summed E-state index contributed by atoms with van der Waals surface area (Å²) in [6.07, 6.45) is 18.0. The first kappa shape index (κ1) is 23.0. The van der Waals surface area contributed by atoms with Crippen LogP contribution in [0.1, 0.15) is 93.1 Å². The highest BCUT2D eigenvalue weighted by Gasteiger charge is 2.57. The first-order valence-corrected chi connectivity index (χ1v) is 14.1. The Hall–Kier alpha value is -2.48. The van der Waals surface area contributed by atoms with E-state index in [2.05, 4.69) is 92.1 Å². The molecule has 2 aliphatic heterocycles. The van der Waals surface area contributed by atoms with Gasteiger partial charge in [-0.1, -0.05) is 74.6 Å². The quantitative estimate of drug-likeness (QED) is 0.444. The van der Waals surface area contributed by atoms with Gasteiger partial charge in [-0.05, 0) is 94.0 Å². The number of fused-ring (bicyclic) bond motifs is 1. The standard InChI is InChI=1S/C33H42N2/c1-23-13-8-11-20-29(23)34-26(4)30-21-22-33(28-18-9-10-19-28,27-16-6-5-7-17-27)35(30)32(34)31-24(2)14-12-15-25(31)3/h8,11-15,20-22,27-28,32H,5-7,9-10,16-19H2,1-4H3. The van der Waals surface area contributed by atoms with Crippen molar-refractivity contribution in [1.29, 1.82) is 0 Å². The average Bonchev–Trinajstić information content (AvgIpc) is 3.59. The lowest BCUT2D eigenvalue weighted by Gasteiger charge is -2.53. The summed E-state index contributed by atoms with van der Waals surface area (Å²) in [5.74, 6) is 1.51. The van der Waals surface area contributed by atoms with Gasteiger partial charge in [0, 0.05) is 16.9 Å². The summed E-state index contributed by atoms with van der Waals surface area (Å²) in [7, 11) is 0. The van der Waals surface area contributed by atoms with Crippen molar-refractivity contribution >= 4 is 5.69 Å². The summed E-state index contributed by atoms with van der Waals surface area (Å²) >= 11 is 0. The van der Waals surface area contributed by atoms with E-state index in [0.29, 0.717) is 0 Å². The third-order valence-electron chi connectivity index (χ3n) is 9.85. The molecule has 2 atom stereocenters. The molecular formula is C33H42N2. The molecule has 0 amide bonds. The van der Waals surface area contributed by atoms with Crippen molar-refractivity contribution in [2.24, 2.45) is 11.8 Å². The van der Waals surface area contributed by atoms with E-state index in [9.17, 15) is 0 Å². The molecule has 2 heterocycles. The molecule has 184 valence electrons. The first-order valence-electron chi connectivity index (χ1n) is 14.1. The topological polar surface area (TPSA) is 6.48 Å². The fraction of sp³-hybridized carbons (Fsp3) is 0.515. The van der Waals surface area contributed by atoms with E-state index in [1.807, 2.05) is 0 Å². The Bertz CT molecular complexity index is 1140. The normalized spacial score (nSPS) is 27.4. The van der Waals surface area contributed by atoms with Crippen LogP contribution in [0, 0.1) is 32.6 Å². The van der Waals surface area contributed by atoms with Gasteiger partial charge < -0.3 is 9.80 Å². The molecule has 0 radical (unpaired) electrons. The second-order valence-electron chi connectivity index (χ2n) is 11.7. The van der Waals surface area contributed by atoms with Gasteiger partial charge >= 0.3 is 0 Å². The lowest BCUT2D eigenvalue weighted by Crippen LogP contribution is -2.56. The lowest BCUT2D eigenvalue weighted by molar-refractivity contribution is 0.0226. The Morgan fingerprint density at radius 2 is 1.26 bits per heavy atom. The maximum absolute atomic E-state index is 2.95. The van der Waals surface area contributed by atoms with Crippen LogP contribution >= 0.6 is 0 Å².